The maximum atomic E-state index is 12.4. The summed E-state index contributed by atoms with van der Waals surface area (Å²) in [6, 6.07) is 7.63. The van der Waals surface area contributed by atoms with Gasteiger partial charge in [-0.2, -0.15) is 9.57 Å². The minimum absolute atomic E-state index is 0.0251. The number of sulfonamides is 1. The van der Waals surface area contributed by atoms with E-state index in [1.807, 2.05) is 6.07 Å². The third kappa shape index (κ3) is 3.37. The first-order valence-corrected chi connectivity index (χ1v) is 8.83. The van der Waals surface area contributed by atoms with Crippen LogP contribution in [-0.4, -0.2) is 36.6 Å². The number of nitriles is 1. The van der Waals surface area contributed by atoms with Gasteiger partial charge >= 0.3 is 0 Å². The number of hydrogen-bond acceptors (Lipinski definition) is 6. The van der Waals surface area contributed by atoms with Gasteiger partial charge in [-0.3, -0.25) is 9.78 Å². The van der Waals surface area contributed by atoms with Crippen LogP contribution in [0.25, 0.3) is 0 Å². The lowest BCUT2D eigenvalue weighted by atomic mass is 9.99. The number of carbonyl (C=O) groups excluding carboxylic acids is 1. The summed E-state index contributed by atoms with van der Waals surface area (Å²) >= 11 is 0. The summed E-state index contributed by atoms with van der Waals surface area (Å²) in [5.41, 5.74) is 0.178. The number of ketones is 1. The molecule has 0 aromatic carbocycles. The summed E-state index contributed by atoms with van der Waals surface area (Å²) in [5, 5.41) is 9.26. The van der Waals surface area contributed by atoms with Crippen LogP contribution in [0.5, 0.6) is 0 Å². The van der Waals surface area contributed by atoms with E-state index in [-0.39, 0.29) is 16.3 Å². The quantitative estimate of drug-likeness (QED) is 0.711. The van der Waals surface area contributed by atoms with E-state index in [4.69, 9.17) is 4.42 Å². The number of carbonyl (C=O) groups is 1. The van der Waals surface area contributed by atoms with Gasteiger partial charge in [-0.1, -0.05) is 13.8 Å². The van der Waals surface area contributed by atoms with Crippen LogP contribution in [0.4, 0.5) is 0 Å². The Bertz CT molecular complexity index is 832. The van der Waals surface area contributed by atoms with Gasteiger partial charge in [0, 0.05) is 19.3 Å². The molecule has 2 heterocycles. The van der Waals surface area contributed by atoms with Gasteiger partial charge in [0.15, 0.2) is 11.7 Å². The average molecular weight is 347 g/mol. The van der Waals surface area contributed by atoms with Crippen molar-refractivity contribution >= 4 is 15.8 Å². The molecule has 1 atom stereocenters. The van der Waals surface area contributed by atoms with Crippen LogP contribution in [0.1, 0.15) is 36.0 Å². The van der Waals surface area contributed by atoms with Crippen molar-refractivity contribution in [3.05, 3.63) is 48.2 Å². The van der Waals surface area contributed by atoms with Gasteiger partial charge in [-0.15, -0.1) is 0 Å². The molecule has 126 valence electrons. The number of furan rings is 1. The third-order valence-electron chi connectivity index (χ3n) is 3.55. The molecule has 2 aromatic rings. The number of nitrogens with zero attached hydrogens (tertiary/aromatic N) is 3. The fourth-order valence-electron chi connectivity index (χ4n) is 2.25. The van der Waals surface area contributed by atoms with Crippen molar-refractivity contribution in [2.75, 3.05) is 13.1 Å². The first-order chi connectivity index (χ1) is 11.5. The first kappa shape index (κ1) is 17.8. The second-order valence-electron chi connectivity index (χ2n) is 4.91. The van der Waals surface area contributed by atoms with Crippen molar-refractivity contribution in [2.45, 2.75) is 24.7 Å². The predicted molar refractivity (Wildman–Crippen MR) is 85.7 cm³/mol. The predicted octanol–water partition coefficient (Wildman–Crippen LogP) is 2.20. The Hall–Kier alpha value is -2.50. The van der Waals surface area contributed by atoms with E-state index in [2.05, 4.69) is 4.98 Å². The zero-order chi connectivity index (χ0) is 17.7. The molecular formula is C16H17N3O4S. The highest BCUT2D eigenvalue weighted by atomic mass is 32.2. The second kappa shape index (κ2) is 7.38. The molecule has 0 N–H and O–H groups in total. The topological polar surface area (TPSA) is 104 Å². The minimum atomic E-state index is -3.63. The molecule has 8 heteroatoms. The van der Waals surface area contributed by atoms with Gasteiger partial charge < -0.3 is 4.42 Å². The third-order valence-corrected chi connectivity index (χ3v) is 5.59. The summed E-state index contributed by atoms with van der Waals surface area (Å²) in [4.78, 5) is 16.3. The molecule has 0 saturated heterocycles. The highest BCUT2D eigenvalue weighted by molar-refractivity contribution is 7.89. The largest absolute Gasteiger partial charge is 0.461 e. The maximum absolute atomic E-state index is 12.4. The molecule has 2 aromatic heterocycles. The van der Waals surface area contributed by atoms with Gasteiger partial charge in [0.1, 0.15) is 4.90 Å². The van der Waals surface area contributed by atoms with Gasteiger partial charge in [0.25, 0.3) is 0 Å². The Labute approximate surface area is 140 Å². The van der Waals surface area contributed by atoms with E-state index in [1.54, 1.807) is 19.9 Å². The number of Topliss-reactive ketones (excluding diaryl/α,β-unsaturated/α-hetero) is 1. The van der Waals surface area contributed by atoms with E-state index < -0.39 is 21.7 Å². The SMILES string of the molecule is CCN(CC)S(=O)(=O)c1ccc([C@H](C#N)C(=O)c2ccco2)nc1. The normalized spacial score (nSPS) is 12.8. The van der Waals surface area contributed by atoms with Crippen LogP contribution in [0.3, 0.4) is 0 Å². The average Bonchev–Trinajstić information content (AvgIpc) is 3.11. The Kier molecular flexibility index (Phi) is 5.49. The van der Waals surface area contributed by atoms with E-state index in [9.17, 15) is 18.5 Å². The molecule has 0 aliphatic heterocycles. The first-order valence-electron chi connectivity index (χ1n) is 7.39. The molecule has 0 fully saturated rings. The smallest absolute Gasteiger partial charge is 0.244 e. The molecule has 0 amide bonds. The lowest BCUT2D eigenvalue weighted by Crippen LogP contribution is -2.30. The van der Waals surface area contributed by atoms with Crippen LogP contribution in [0.15, 0.2) is 46.0 Å². The van der Waals surface area contributed by atoms with Crippen molar-refractivity contribution in [1.82, 2.24) is 9.29 Å². The van der Waals surface area contributed by atoms with Crippen molar-refractivity contribution < 1.29 is 17.6 Å². The van der Waals surface area contributed by atoms with Crippen LogP contribution in [0, 0.1) is 11.3 Å². The van der Waals surface area contributed by atoms with Gasteiger partial charge in [-0.25, -0.2) is 8.42 Å². The van der Waals surface area contributed by atoms with E-state index in [1.165, 1.54) is 35.0 Å². The molecule has 0 aliphatic rings. The molecule has 0 aliphatic carbocycles. The van der Waals surface area contributed by atoms with Crippen LogP contribution >= 0.6 is 0 Å². The fraction of sp³-hybridized carbons (Fsp3) is 0.312. The highest BCUT2D eigenvalue weighted by Gasteiger charge is 2.27. The van der Waals surface area contributed by atoms with Crippen molar-refractivity contribution in [3.63, 3.8) is 0 Å². The summed E-state index contributed by atoms with van der Waals surface area (Å²) in [6.45, 7) is 4.18. The van der Waals surface area contributed by atoms with Crippen LogP contribution in [-0.2, 0) is 10.0 Å². The Balaban J connectivity index is 2.32. The Morgan fingerprint density at radius 1 is 1.33 bits per heavy atom. The molecule has 0 unspecified atom stereocenters. The van der Waals surface area contributed by atoms with E-state index in [0.717, 1.165) is 0 Å². The molecule has 0 spiro atoms. The number of pyridine rings is 1. The number of hydrogen-bond donors (Lipinski definition) is 0. The zero-order valence-electron chi connectivity index (χ0n) is 13.3. The Morgan fingerprint density at radius 2 is 2.04 bits per heavy atom. The van der Waals surface area contributed by atoms with Crippen molar-refractivity contribution in [1.29, 1.82) is 5.26 Å². The van der Waals surface area contributed by atoms with Gasteiger partial charge in [0.05, 0.1) is 18.0 Å². The second-order valence-corrected chi connectivity index (χ2v) is 6.85. The lowest BCUT2D eigenvalue weighted by Gasteiger charge is -2.18. The zero-order valence-corrected chi connectivity index (χ0v) is 14.2. The molecular weight excluding hydrogens is 330 g/mol. The van der Waals surface area contributed by atoms with Crippen molar-refractivity contribution in [3.8, 4) is 6.07 Å². The van der Waals surface area contributed by atoms with E-state index in [0.29, 0.717) is 13.1 Å². The monoisotopic (exact) mass is 347 g/mol. The van der Waals surface area contributed by atoms with Crippen molar-refractivity contribution in [2.24, 2.45) is 0 Å². The summed E-state index contributed by atoms with van der Waals surface area (Å²) in [6.07, 6.45) is 2.51. The molecule has 2 rings (SSSR count). The fourth-order valence-corrected chi connectivity index (χ4v) is 3.65. The summed E-state index contributed by atoms with van der Waals surface area (Å²) < 4.78 is 31.1. The standard InChI is InChI=1S/C16H17N3O4S/c1-3-19(4-2)24(21,22)12-7-8-14(18-11-12)13(10-17)16(20)15-6-5-9-23-15/h5-9,11,13H,3-4H2,1-2H3/t13-/m0/s1. The Morgan fingerprint density at radius 3 is 2.50 bits per heavy atom. The lowest BCUT2D eigenvalue weighted by molar-refractivity contribution is 0.0950. The number of aromatic nitrogens is 1. The van der Waals surface area contributed by atoms with Crippen LogP contribution in [0.2, 0.25) is 0 Å². The van der Waals surface area contributed by atoms with Crippen LogP contribution < -0.4 is 0 Å². The maximum Gasteiger partial charge on any atom is 0.244 e. The van der Waals surface area contributed by atoms with E-state index >= 15 is 0 Å². The van der Waals surface area contributed by atoms with Gasteiger partial charge in [0.2, 0.25) is 15.8 Å². The summed E-state index contributed by atoms with van der Waals surface area (Å²) in [7, 11) is -3.63. The summed E-state index contributed by atoms with van der Waals surface area (Å²) in [5.74, 6) is -1.61. The molecule has 0 saturated carbocycles. The van der Waals surface area contributed by atoms with Gasteiger partial charge in [-0.05, 0) is 24.3 Å². The molecule has 24 heavy (non-hydrogen) atoms. The number of rotatable bonds is 7. The molecule has 0 radical (unpaired) electrons. The molecule has 7 nitrogen and oxygen atoms in total. The molecule has 0 bridgehead atoms. The highest BCUT2D eigenvalue weighted by Crippen LogP contribution is 2.21. The minimum Gasteiger partial charge on any atom is -0.461 e.